The number of hydrogen-bond acceptors (Lipinski definition) is 5. The van der Waals surface area contributed by atoms with Gasteiger partial charge >= 0.3 is 0 Å². The van der Waals surface area contributed by atoms with Crippen LogP contribution in [0.5, 0.6) is 0 Å². The minimum absolute atomic E-state index is 0.0405. The van der Waals surface area contributed by atoms with Crippen molar-refractivity contribution in [3.05, 3.63) is 53.9 Å². The number of pyridine rings is 1. The molecule has 2 rings (SSSR count). The Morgan fingerprint density at radius 1 is 1.28 bits per heavy atom. The van der Waals surface area contributed by atoms with E-state index in [1.54, 1.807) is 36.8 Å². The molecule has 5 heteroatoms. The monoisotopic (exact) mass is 239 g/mol. The van der Waals surface area contributed by atoms with Gasteiger partial charge in [-0.05, 0) is 25.1 Å². The first-order valence-electron chi connectivity index (χ1n) is 5.65. The first kappa shape index (κ1) is 12.1. The van der Waals surface area contributed by atoms with Gasteiger partial charge in [0.25, 0.3) is 0 Å². The molecule has 0 aliphatic heterocycles. The quantitative estimate of drug-likeness (QED) is 0.877. The molecule has 0 aliphatic carbocycles. The highest BCUT2D eigenvalue weighted by atomic mass is 15.0. The van der Waals surface area contributed by atoms with Crippen LogP contribution in [0, 0.1) is 11.3 Å². The van der Waals surface area contributed by atoms with Crippen molar-refractivity contribution in [1.82, 2.24) is 20.3 Å². The Morgan fingerprint density at radius 2 is 2.06 bits per heavy atom. The third-order valence-corrected chi connectivity index (χ3v) is 2.51. The Balaban J connectivity index is 1.97. The molecule has 5 nitrogen and oxygen atoms in total. The van der Waals surface area contributed by atoms with Gasteiger partial charge in [-0.15, -0.1) is 0 Å². The highest BCUT2D eigenvalue weighted by Crippen LogP contribution is 2.06. The molecule has 1 N–H and O–H groups in total. The van der Waals surface area contributed by atoms with Crippen molar-refractivity contribution >= 4 is 0 Å². The Labute approximate surface area is 106 Å². The molecule has 0 aliphatic rings. The summed E-state index contributed by atoms with van der Waals surface area (Å²) in [6.45, 7) is 2.57. The summed E-state index contributed by atoms with van der Waals surface area (Å²) in [6.07, 6.45) is 5.07. The maximum Gasteiger partial charge on any atom is 0.144 e. The predicted molar refractivity (Wildman–Crippen MR) is 66.2 cm³/mol. The molecule has 0 saturated carbocycles. The number of aromatic nitrogens is 3. The first-order valence-corrected chi connectivity index (χ1v) is 5.65. The zero-order valence-electron chi connectivity index (χ0n) is 10.0. The molecule has 0 radical (unpaired) electrons. The lowest BCUT2D eigenvalue weighted by Crippen LogP contribution is -2.20. The molecule has 2 aromatic rings. The molecule has 0 amide bonds. The van der Waals surface area contributed by atoms with Crippen LogP contribution < -0.4 is 5.32 Å². The fourth-order valence-corrected chi connectivity index (χ4v) is 1.53. The summed E-state index contributed by atoms with van der Waals surface area (Å²) in [6, 6.07) is 7.38. The Bertz CT molecular complexity index is 547. The van der Waals surface area contributed by atoms with Crippen LogP contribution in [0.3, 0.4) is 0 Å². The number of rotatable bonds is 4. The van der Waals surface area contributed by atoms with Crippen molar-refractivity contribution in [2.24, 2.45) is 0 Å². The van der Waals surface area contributed by atoms with Crippen LogP contribution in [-0.4, -0.2) is 15.0 Å². The van der Waals surface area contributed by atoms with E-state index in [1.165, 1.54) is 0 Å². The smallest absolute Gasteiger partial charge is 0.144 e. The first-order chi connectivity index (χ1) is 8.79. The summed E-state index contributed by atoms with van der Waals surface area (Å²) in [5.41, 5.74) is 1.45. The molecule has 0 bridgehead atoms. The average Bonchev–Trinajstić information content (AvgIpc) is 2.46. The lowest BCUT2D eigenvalue weighted by atomic mass is 10.2. The molecule has 1 atom stereocenters. The molecule has 0 unspecified atom stereocenters. The molecular formula is C13H13N5. The SMILES string of the molecule is C[C@@H](NCc1cc(C#N)ccn1)c1ncccn1. The number of hydrogen-bond donors (Lipinski definition) is 1. The molecule has 2 heterocycles. The molecule has 0 saturated heterocycles. The van der Waals surface area contributed by atoms with E-state index >= 15 is 0 Å². The second-order valence-corrected chi connectivity index (χ2v) is 3.86. The van der Waals surface area contributed by atoms with E-state index in [0.717, 1.165) is 11.5 Å². The molecule has 90 valence electrons. The van der Waals surface area contributed by atoms with Gasteiger partial charge in [-0.1, -0.05) is 0 Å². The Hall–Kier alpha value is -2.32. The molecule has 0 spiro atoms. The number of nitrogens with one attached hydrogen (secondary N) is 1. The average molecular weight is 239 g/mol. The van der Waals surface area contributed by atoms with Crippen LogP contribution in [0.4, 0.5) is 0 Å². The summed E-state index contributed by atoms with van der Waals surface area (Å²) >= 11 is 0. The van der Waals surface area contributed by atoms with Gasteiger partial charge in [-0.3, -0.25) is 4.98 Å². The van der Waals surface area contributed by atoms with Gasteiger partial charge in [0, 0.05) is 25.1 Å². The van der Waals surface area contributed by atoms with Gasteiger partial charge in [-0.25, -0.2) is 9.97 Å². The van der Waals surface area contributed by atoms with Crippen LogP contribution in [0.2, 0.25) is 0 Å². The van der Waals surface area contributed by atoms with Gasteiger partial charge in [0.05, 0.1) is 23.4 Å². The molecule has 0 aromatic carbocycles. The van der Waals surface area contributed by atoms with Crippen LogP contribution in [0.1, 0.15) is 30.0 Å². The fourth-order valence-electron chi connectivity index (χ4n) is 1.53. The molecular weight excluding hydrogens is 226 g/mol. The second kappa shape index (κ2) is 5.84. The van der Waals surface area contributed by atoms with E-state index in [4.69, 9.17) is 5.26 Å². The van der Waals surface area contributed by atoms with Crippen molar-refractivity contribution < 1.29 is 0 Å². The zero-order valence-corrected chi connectivity index (χ0v) is 10.0. The summed E-state index contributed by atoms with van der Waals surface area (Å²) in [4.78, 5) is 12.6. The van der Waals surface area contributed by atoms with Crippen molar-refractivity contribution in [1.29, 1.82) is 5.26 Å². The highest BCUT2D eigenvalue weighted by molar-refractivity contribution is 5.28. The second-order valence-electron chi connectivity index (χ2n) is 3.86. The van der Waals surface area contributed by atoms with Crippen LogP contribution in [0.15, 0.2) is 36.8 Å². The lowest BCUT2D eigenvalue weighted by Gasteiger charge is -2.11. The third-order valence-electron chi connectivity index (χ3n) is 2.51. The zero-order chi connectivity index (χ0) is 12.8. The predicted octanol–water partition coefficient (Wildman–Crippen LogP) is 1.59. The van der Waals surface area contributed by atoms with Crippen LogP contribution in [0.25, 0.3) is 0 Å². The van der Waals surface area contributed by atoms with Gasteiger partial charge in [-0.2, -0.15) is 5.26 Å². The van der Waals surface area contributed by atoms with E-state index in [0.29, 0.717) is 12.1 Å². The molecule has 2 aromatic heterocycles. The van der Waals surface area contributed by atoms with Crippen LogP contribution >= 0.6 is 0 Å². The third kappa shape index (κ3) is 3.09. The fraction of sp³-hybridized carbons (Fsp3) is 0.231. The maximum atomic E-state index is 8.80. The summed E-state index contributed by atoms with van der Waals surface area (Å²) in [7, 11) is 0. The number of nitrogens with zero attached hydrogens (tertiary/aromatic N) is 4. The normalized spacial score (nSPS) is 11.8. The summed E-state index contributed by atoms with van der Waals surface area (Å²) in [5, 5.41) is 12.1. The van der Waals surface area contributed by atoms with Crippen molar-refractivity contribution in [3.63, 3.8) is 0 Å². The molecule has 0 fully saturated rings. The minimum atomic E-state index is 0.0405. The summed E-state index contributed by atoms with van der Waals surface area (Å²) < 4.78 is 0. The lowest BCUT2D eigenvalue weighted by molar-refractivity contribution is 0.540. The van der Waals surface area contributed by atoms with E-state index in [2.05, 4.69) is 26.3 Å². The standard InChI is InChI=1S/C13H13N5/c1-10(13-16-4-2-5-17-13)18-9-12-7-11(8-14)3-6-15-12/h2-7,10,18H,9H2,1H3/t10-/m1/s1. The van der Waals surface area contributed by atoms with E-state index in [9.17, 15) is 0 Å². The van der Waals surface area contributed by atoms with E-state index < -0.39 is 0 Å². The van der Waals surface area contributed by atoms with Crippen molar-refractivity contribution in [3.8, 4) is 6.07 Å². The Morgan fingerprint density at radius 3 is 2.78 bits per heavy atom. The van der Waals surface area contributed by atoms with Gasteiger partial charge in [0.1, 0.15) is 5.82 Å². The Kier molecular flexibility index (Phi) is 3.94. The maximum absolute atomic E-state index is 8.80. The van der Waals surface area contributed by atoms with Gasteiger partial charge < -0.3 is 5.32 Å². The van der Waals surface area contributed by atoms with E-state index in [1.807, 2.05) is 6.92 Å². The topological polar surface area (TPSA) is 74.5 Å². The number of nitriles is 1. The molecule has 18 heavy (non-hydrogen) atoms. The van der Waals surface area contributed by atoms with Crippen LogP contribution in [-0.2, 0) is 6.54 Å². The van der Waals surface area contributed by atoms with Crippen molar-refractivity contribution in [2.45, 2.75) is 19.5 Å². The van der Waals surface area contributed by atoms with E-state index in [-0.39, 0.29) is 6.04 Å². The minimum Gasteiger partial charge on any atom is -0.302 e. The van der Waals surface area contributed by atoms with Gasteiger partial charge in [0.2, 0.25) is 0 Å². The highest BCUT2D eigenvalue weighted by Gasteiger charge is 2.07. The largest absolute Gasteiger partial charge is 0.302 e. The van der Waals surface area contributed by atoms with Gasteiger partial charge in [0.15, 0.2) is 0 Å². The summed E-state index contributed by atoms with van der Waals surface area (Å²) in [5.74, 6) is 0.744. The van der Waals surface area contributed by atoms with Crippen molar-refractivity contribution in [2.75, 3.05) is 0 Å².